The fourth-order valence-electron chi connectivity index (χ4n) is 1.79. The summed E-state index contributed by atoms with van der Waals surface area (Å²) in [5.74, 6) is -0.322. The molecule has 6 heteroatoms. The SMILES string of the molecule is C[Si](C)(C)OCC(COC(=O)c1ccccc1)O[Si](C)(C)C. The second-order valence-electron chi connectivity index (χ2n) is 7.24. The molecule has 0 radical (unpaired) electrons. The van der Waals surface area contributed by atoms with Gasteiger partial charge < -0.3 is 13.6 Å². The summed E-state index contributed by atoms with van der Waals surface area (Å²) in [4.78, 5) is 12.0. The topological polar surface area (TPSA) is 44.8 Å². The monoisotopic (exact) mass is 340 g/mol. The first-order valence-electron chi connectivity index (χ1n) is 7.61. The molecule has 124 valence electrons. The maximum absolute atomic E-state index is 12.0. The molecule has 0 aliphatic heterocycles. The number of hydrogen-bond donors (Lipinski definition) is 0. The van der Waals surface area contributed by atoms with Gasteiger partial charge in [0.05, 0.1) is 12.2 Å². The van der Waals surface area contributed by atoms with E-state index in [1.807, 2.05) is 18.2 Å². The van der Waals surface area contributed by atoms with Crippen LogP contribution in [0.2, 0.25) is 39.3 Å². The summed E-state index contributed by atoms with van der Waals surface area (Å²) in [6, 6.07) is 9.00. The van der Waals surface area contributed by atoms with E-state index >= 15 is 0 Å². The maximum Gasteiger partial charge on any atom is 0.338 e. The summed E-state index contributed by atoms with van der Waals surface area (Å²) in [6.45, 7) is 13.5. The van der Waals surface area contributed by atoms with Crippen molar-refractivity contribution in [2.24, 2.45) is 0 Å². The molecule has 1 atom stereocenters. The van der Waals surface area contributed by atoms with Gasteiger partial charge in [-0.1, -0.05) is 18.2 Å². The van der Waals surface area contributed by atoms with Gasteiger partial charge in [-0.2, -0.15) is 0 Å². The molecule has 1 aromatic carbocycles. The van der Waals surface area contributed by atoms with Gasteiger partial charge in [-0.25, -0.2) is 4.79 Å². The van der Waals surface area contributed by atoms with Gasteiger partial charge in [0.1, 0.15) is 12.7 Å². The summed E-state index contributed by atoms with van der Waals surface area (Å²) in [5, 5.41) is 0. The van der Waals surface area contributed by atoms with Crippen molar-refractivity contribution in [2.45, 2.75) is 45.4 Å². The number of benzene rings is 1. The van der Waals surface area contributed by atoms with E-state index in [1.54, 1.807) is 12.1 Å². The molecule has 0 heterocycles. The maximum atomic E-state index is 12.0. The molecule has 0 saturated heterocycles. The third-order valence-electron chi connectivity index (χ3n) is 2.63. The van der Waals surface area contributed by atoms with Crippen molar-refractivity contribution in [3.63, 3.8) is 0 Å². The number of carbonyl (C=O) groups is 1. The van der Waals surface area contributed by atoms with Crippen LogP contribution in [-0.2, 0) is 13.6 Å². The van der Waals surface area contributed by atoms with Gasteiger partial charge in [0.2, 0.25) is 0 Å². The van der Waals surface area contributed by atoms with Crippen LogP contribution in [0.3, 0.4) is 0 Å². The Hall–Kier alpha value is -0.956. The van der Waals surface area contributed by atoms with Crippen LogP contribution < -0.4 is 0 Å². The lowest BCUT2D eigenvalue weighted by atomic mass is 10.2. The van der Waals surface area contributed by atoms with E-state index in [0.29, 0.717) is 12.2 Å². The molecule has 0 bridgehead atoms. The van der Waals surface area contributed by atoms with Crippen LogP contribution in [-0.4, -0.2) is 41.9 Å². The third-order valence-corrected chi connectivity index (χ3v) is 4.71. The lowest BCUT2D eigenvalue weighted by Crippen LogP contribution is -2.40. The predicted octanol–water partition coefficient (Wildman–Crippen LogP) is 3.92. The number of rotatable bonds is 8. The highest BCUT2D eigenvalue weighted by Crippen LogP contribution is 2.12. The molecule has 1 aromatic rings. The predicted molar refractivity (Wildman–Crippen MR) is 94.2 cm³/mol. The summed E-state index contributed by atoms with van der Waals surface area (Å²) in [6.07, 6.45) is -0.203. The van der Waals surface area contributed by atoms with Gasteiger partial charge in [-0.05, 0) is 51.4 Å². The Morgan fingerprint density at radius 1 is 0.955 bits per heavy atom. The van der Waals surface area contributed by atoms with Gasteiger partial charge in [0.15, 0.2) is 16.6 Å². The minimum absolute atomic E-state index is 0.203. The van der Waals surface area contributed by atoms with Crippen LogP contribution in [0.4, 0.5) is 0 Å². The van der Waals surface area contributed by atoms with Crippen molar-refractivity contribution >= 4 is 22.6 Å². The smallest absolute Gasteiger partial charge is 0.338 e. The number of esters is 1. The average Bonchev–Trinajstić information content (AvgIpc) is 2.40. The first kappa shape index (κ1) is 19.1. The minimum Gasteiger partial charge on any atom is -0.459 e. The number of ether oxygens (including phenoxy) is 1. The van der Waals surface area contributed by atoms with Crippen molar-refractivity contribution in [2.75, 3.05) is 13.2 Å². The molecular formula is C16H28O4Si2. The van der Waals surface area contributed by atoms with Crippen LogP contribution >= 0.6 is 0 Å². The second-order valence-corrected chi connectivity index (χ2v) is 16.2. The zero-order chi connectivity index (χ0) is 16.8. The van der Waals surface area contributed by atoms with E-state index < -0.39 is 16.6 Å². The highest BCUT2D eigenvalue weighted by atomic mass is 28.4. The molecule has 0 fully saturated rings. The van der Waals surface area contributed by atoms with Crippen LogP contribution in [0, 0.1) is 0 Å². The van der Waals surface area contributed by atoms with E-state index in [-0.39, 0.29) is 18.7 Å². The molecule has 0 aliphatic rings. The Balaban J connectivity index is 2.58. The van der Waals surface area contributed by atoms with Crippen LogP contribution in [0.25, 0.3) is 0 Å². The highest BCUT2D eigenvalue weighted by Gasteiger charge is 2.25. The van der Waals surface area contributed by atoms with Gasteiger partial charge in [0, 0.05) is 0 Å². The molecule has 0 spiro atoms. The van der Waals surface area contributed by atoms with Gasteiger partial charge in [-0.15, -0.1) is 0 Å². The lowest BCUT2D eigenvalue weighted by molar-refractivity contribution is 0.0179. The van der Waals surface area contributed by atoms with E-state index in [9.17, 15) is 4.79 Å². The van der Waals surface area contributed by atoms with Crippen molar-refractivity contribution in [3.8, 4) is 0 Å². The summed E-state index contributed by atoms with van der Waals surface area (Å²) < 4.78 is 17.4. The van der Waals surface area contributed by atoms with E-state index in [4.69, 9.17) is 13.6 Å². The summed E-state index contributed by atoms with van der Waals surface area (Å²) >= 11 is 0. The second kappa shape index (κ2) is 8.05. The van der Waals surface area contributed by atoms with Gasteiger partial charge >= 0.3 is 5.97 Å². The zero-order valence-electron chi connectivity index (χ0n) is 14.5. The van der Waals surface area contributed by atoms with Crippen LogP contribution in [0.1, 0.15) is 10.4 Å². The van der Waals surface area contributed by atoms with Crippen molar-refractivity contribution < 1.29 is 18.4 Å². The molecule has 0 amide bonds. The Kier molecular flexibility index (Phi) is 6.99. The number of hydrogen-bond acceptors (Lipinski definition) is 4. The molecule has 1 rings (SSSR count). The minimum atomic E-state index is -1.72. The lowest BCUT2D eigenvalue weighted by Gasteiger charge is -2.28. The Bertz CT molecular complexity index is 463. The number of carbonyl (C=O) groups excluding carboxylic acids is 1. The first-order chi connectivity index (χ1) is 10.1. The molecule has 4 nitrogen and oxygen atoms in total. The molecule has 1 unspecified atom stereocenters. The Labute approximate surface area is 136 Å². The van der Waals surface area contributed by atoms with Gasteiger partial charge in [0.25, 0.3) is 0 Å². The van der Waals surface area contributed by atoms with Crippen LogP contribution in [0.5, 0.6) is 0 Å². The van der Waals surface area contributed by atoms with E-state index in [0.717, 1.165) is 0 Å². The quantitative estimate of drug-likeness (QED) is 0.531. The largest absolute Gasteiger partial charge is 0.459 e. The summed E-state index contributed by atoms with van der Waals surface area (Å²) in [5.41, 5.74) is 0.556. The molecule has 0 N–H and O–H groups in total. The summed E-state index contributed by atoms with van der Waals surface area (Å²) in [7, 11) is -3.34. The van der Waals surface area contributed by atoms with Crippen LogP contribution in [0.15, 0.2) is 30.3 Å². The molecule has 0 aliphatic carbocycles. The molecule has 0 aromatic heterocycles. The third kappa shape index (κ3) is 8.48. The van der Waals surface area contributed by atoms with Crippen molar-refractivity contribution in [1.29, 1.82) is 0 Å². The first-order valence-corrected chi connectivity index (χ1v) is 14.4. The molecule has 22 heavy (non-hydrogen) atoms. The normalized spacial score (nSPS) is 13.7. The fourth-order valence-corrected chi connectivity index (χ4v) is 3.61. The zero-order valence-corrected chi connectivity index (χ0v) is 16.5. The Morgan fingerprint density at radius 2 is 1.55 bits per heavy atom. The molecular weight excluding hydrogens is 312 g/mol. The standard InChI is InChI=1S/C16H28O4Si2/c1-21(2,3)19-13-15(20-22(4,5)6)12-18-16(17)14-10-8-7-9-11-14/h7-11,15H,12-13H2,1-6H3. The average molecular weight is 341 g/mol. The van der Waals surface area contributed by atoms with E-state index in [2.05, 4.69) is 39.3 Å². The Morgan fingerprint density at radius 3 is 2.05 bits per heavy atom. The van der Waals surface area contributed by atoms with Crippen molar-refractivity contribution in [1.82, 2.24) is 0 Å². The van der Waals surface area contributed by atoms with Gasteiger partial charge in [-0.3, -0.25) is 0 Å². The fraction of sp³-hybridized carbons (Fsp3) is 0.562. The highest BCUT2D eigenvalue weighted by molar-refractivity contribution is 6.70. The molecule has 0 saturated carbocycles. The van der Waals surface area contributed by atoms with Crippen molar-refractivity contribution in [3.05, 3.63) is 35.9 Å². The van der Waals surface area contributed by atoms with E-state index in [1.165, 1.54) is 0 Å².